The number of alkyl halides is 2. The number of nitrogens with two attached hydrogens (primary N) is 1. The van der Waals surface area contributed by atoms with Gasteiger partial charge in [-0.1, -0.05) is 0 Å². The molecule has 1 unspecified atom stereocenters. The fourth-order valence-electron chi connectivity index (χ4n) is 3.67. The smallest absolute Gasteiger partial charge is 0.416 e. The number of aliphatic hydroxyl groups excluding tert-OH is 1. The highest BCUT2D eigenvalue weighted by Gasteiger charge is 2.80. The maximum atomic E-state index is 13.7. The van der Waals surface area contributed by atoms with Crippen molar-refractivity contribution >= 4 is 17.6 Å². The molecule has 3 heterocycles. The molecule has 154 valence electrons. The first-order valence-corrected chi connectivity index (χ1v) is 9.19. The van der Waals surface area contributed by atoms with Crippen LogP contribution >= 0.6 is 0 Å². The van der Waals surface area contributed by atoms with Crippen LogP contribution in [0.3, 0.4) is 0 Å². The number of anilines is 2. The third-order valence-electron chi connectivity index (χ3n) is 5.38. The lowest BCUT2D eigenvalue weighted by atomic mass is 10.1. The number of hydrogen-bond acceptors (Lipinski definition) is 7. The second-order valence-electron chi connectivity index (χ2n) is 7.39. The van der Waals surface area contributed by atoms with Crippen LogP contribution in [0.2, 0.25) is 0 Å². The molecule has 3 aliphatic rings. The molecular formula is C18H19F2N5O4. The molecule has 1 amide bonds. The molecule has 0 radical (unpaired) electrons. The molecule has 0 spiro atoms. The van der Waals surface area contributed by atoms with Gasteiger partial charge >= 0.3 is 12.0 Å². The molecule has 5 rings (SSSR count). The van der Waals surface area contributed by atoms with E-state index in [1.54, 1.807) is 35.9 Å². The van der Waals surface area contributed by atoms with Crippen molar-refractivity contribution in [3.05, 3.63) is 24.4 Å². The van der Waals surface area contributed by atoms with Crippen molar-refractivity contribution in [2.24, 2.45) is 5.73 Å². The van der Waals surface area contributed by atoms with Crippen LogP contribution in [0.5, 0.6) is 5.75 Å². The Morgan fingerprint density at radius 2 is 2.24 bits per heavy atom. The number of aliphatic hydroxyl groups is 1. The van der Waals surface area contributed by atoms with Gasteiger partial charge in [-0.3, -0.25) is 0 Å². The molecule has 0 bridgehead atoms. The number of amides is 1. The van der Waals surface area contributed by atoms with E-state index in [0.717, 1.165) is 4.90 Å². The number of rotatable bonds is 4. The molecule has 2 aromatic rings. The molecule has 4 atom stereocenters. The molecule has 2 aliphatic heterocycles. The van der Waals surface area contributed by atoms with Gasteiger partial charge in [-0.25, -0.2) is 14.7 Å². The van der Waals surface area contributed by atoms with Gasteiger partial charge in [0.1, 0.15) is 24.4 Å². The Morgan fingerprint density at radius 3 is 2.97 bits per heavy atom. The van der Waals surface area contributed by atoms with E-state index in [1.807, 2.05) is 0 Å². The number of ether oxygens (including phenoxy) is 2. The van der Waals surface area contributed by atoms with E-state index in [9.17, 15) is 18.7 Å². The van der Waals surface area contributed by atoms with Crippen molar-refractivity contribution in [2.75, 3.05) is 16.8 Å². The number of carbonyl (C=O) groups is 1. The summed E-state index contributed by atoms with van der Waals surface area (Å²) in [6.45, 7) is 2.51. The number of carbonyl (C=O) groups excluding carboxylic acids is 1. The van der Waals surface area contributed by atoms with Gasteiger partial charge in [-0.05, 0) is 19.1 Å². The maximum Gasteiger partial charge on any atom is 0.416 e. The van der Waals surface area contributed by atoms with Crippen LogP contribution in [-0.4, -0.2) is 57.7 Å². The first-order valence-electron chi connectivity index (χ1n) is 9.19. The fourth-order valence-corrected chi connectivity index (χ4v) is 3.67. The minimum Gasteiger partial charge on any atom is -0.491 e. The topological polar surface area (TPSA) is 115 Å². The number of halogens is 2. The monoisotopic (exact) mass is 407 g/mol. The van der Waals surface area contributed by atoms with Crippen molar-refractivity contribution in [1.29, 1.82) is 0 Å². The highest BCUT2D eigenvalue weighted by molar-refractivity contribution is 5.92. The van der Waals surface area contributed by atoms with E-state index in [2.05, 4.69) is 10.3 Å². The first kappa shape index (κ1) is 18.1. The largest absolute Gasteiger partial charge is 0.491 e. The van der Waals surface area contributed by atoms with Gasteiger partial charge in [0.05, 0.1) is 18.2 Å². The molecule has 1 saturated heterocycles. The lowest BCUT2D eigenvalue weighted by Crippen LogP contribution is -2.37. The third-order valence-corrected chi connectivity index (χ3v) is 5.38. The van der Waals surface area contributed by atoms with Crippen molar-refractivity contribution < 1.29 is 28.2 Å². The number of benzene rings is 1. The summed E-state index contributed by atoms with van der Waals surface area (Å²) in [6.07, 6.45) is -1.68. The van der Waals surface area contributed by atoms with Crippen LogP contribution in [0.4, 0.5) is 25.1 Å². The van der Waals surface area contributed by atoms with Gasteiger partial charge in [0.2, 0.25) is 0 Å². The molecule has 9 nitrogen and oxygen atoms in total. The average molecular weight is 407 g/mol. The number of nitrogens with one attached hydrogen (secondary N) is 1. The summed E-state index contributed by atoms with van der Waals surface area (Å²) in [5.41, 5.74) is 6.83. The molecule has 29 heavy (non-hydrogen) atoms. The zero-order valence-electron chi connectivity index (χ0n) is 15.4. The second-order valence-corrected chi connectivity index (χ2v) is 7.39. The van der Waals surface area contributed by atoms with Crippen molar-refractivity contribution in [3.63, 3.8) is 0 Å². The zero-order valence-corrected chi connectivity index (χ0v) is 15.4. The van der Waals surface area contributed by atoms with E-state index >= 15 is 0 Å². The molecule has 2 fully saturated rings. The minimum atomic E-state index is -3.05. The molecule has 1 saturated carbocycles. The van der Waals surface area contributed by atoms with E-state index in [4.69, 9.17) is 15.2 Å². The third kappa shape index (κ3) is 2.72. The summed E-state index contributed by atoms with van der Waals surface area (Å²) < 4.78 is 39.8. The SMILES string of the molecule is C[C@H](Nc1ccc2c(c1)OCCn1cc(N3C(=O)O[C@@H]4[C@H]3C4(F)F)nc1-2)C(N)O. The number of imidazole rings is 1. The van der Waals surface area contributed by atoms with E-state index in [-0.39, 0.29) is 11.9 Å². The molecular weight excluding hydrogens is 388 g/mol. The van der Waals surface area contributed by atoms with E-state index in [1.165, 1.54) is 0 Å². The Morgan fingerprint density at radius 1 is 1.45 bits per heavy atom. The number of aromatic nitrogens is 2. The summed E-state index contributed by atoms with van der Waals surface area (Å²) in [5.74, 6) is -1.88. The van der Waals surface area contributed by atoms with Gasteiger partial charge in [0, 0.05) is 18.0 Å². The maximum absolute atomic E-state index is 13.7. The summed E-state index contributed by atoms with van der Waals surface area (Å²) in [5, 5.41) is 12.5. The predicted molar refractivity (Wildman–Crippen MR) is 97.9 cm³/mol. The Hall–Kier alpha value is -2.92. The summed E-state index contributed by atoms with van der Waals surface area (Å²) >= 11 is 0. The molecule has 1 aromatic carbocycles. The van der Waals surface area contributed by atoms with Crippen LogP contribution in [-0.2, 0) is 11.3 Å². The van der Waals surface area contributed by atoms with Crippen molar-refractivity contribution in [1.82, 2.24) is 9.55 Å². The fraction of sp³-hybridized carbons (Fsp3) is 0.444. The van der Waals surface area contributed by atoms with Crippen LogP contribution < -0.4 is 20.7 Å². The van der Waals surface area contributed by atoms with E-state index in [0.29, 0.717) is 36.0 Å². The summed E-state index contributed by atoms with van der Waals surface area (Å²) in [4.78, 5) is 17.4. The first-order chi connectivity index (χ1) is 13.8. The molecule has 1 aliphatic carbocycles. The lowest BCUT2D eigenvalue weighted by molar-refractivity contribution is 0.0351. The Bertz CT molecular complexity index is 995. The van der Waals surface area contributed by atoms with E-state index < -0.39 is 30.4 Å². The number of fused-ring (bicyclic) bond motifs is 4. The van der Waals surface area contributed by atoms with Crippen molar-refractivity contribution in [3.8, 4) is 17.1 Å². The van der Waals surface area contributed by atoms with Gasteiger partial charge in [0.25, 0.3) is 0 Å². The van der Waals surface area contributed by atoms with Gasteiger partial charge in [0.15, 0.2) is 18.0 Å². The highest BCUT2D eigenvalue weighted by Crippen LogP contribution is 2.54. The highest BCUT2D eigenvalue weighted by atomic mass is 19.3. The normalized spacial score (nSPS) is 25.7. The van der Waals surface area contributed by atoms with Crippen LogP contribution in [0.15, 0.2) is 24.4 Å². The lowest BCUT2D eigenvalue weighted by Gasteiger charge is -2.18. The average Bonchev–Trinajstić information content (AvgIpc) is 2.98. The number of hydrogen-bond donors (Lipinski definition) is 3. The predicted octanol–water partition coefficient (Wildman–Crippen LogP) is 1.36. The minimum absolute atomic E-state index is 0.129. The second kappa shape index (κ2) is 6.04. The zero-order chi connectivity index (χ0) is 20.5. The van der Waals surface area contributed by atoms with Gasteiger partial charge in [-0.2, -0.15) is 8.78 Å². The quantitative estimate of drug-likeness (QED) is 0.656. The van der Waals surface area contributed by atoms with Crippen LogP contribution in [0.1, 0.15) is 6.92 Å². The molecule has 1 aromatic heterocycles. The van der Waals surface area contributed by atoms with Crippen LogP contribution in [0.25, 0.3) is 11.4 Å². The summed E-state index contributed by atoms with van der Waals surface area (Å²) in [6, 6.07) is 3.63. The van der Waals surface area contributed by atoms with Crippen molar-refractivity contribution in [2.45, 2.75) is 43.8 Å². The Labute approximate surface area is 164 Å². The van der Waals surface area contributed by atoms with Gasteiger partial charge in [-0.15, -0.1) is 0 Å². The molecule has 11 heteroatoms. The Balaban J connectivity index is 1.48. The molecule has 4 N–H and O–H groups in total. The van der Waals surface area contributed by atoms with Gasteiger partial charge < -0.3 is 30.2 Å². The summed E-state index contributed by atoms with van der Waals surface area (Å²) in [7, 11) is 0. The standard InChI is InChI=1S/C18H19F2N5O4/c1-8(15(21)26)22-9-2-3-10-11(6-9)28-5-4-24-7-12(23-16(10)24)25-13-14(18(13,19)20)29-17(25)27/h2-3,6-8,13-15,22,26H,4-5,21H2,1H3/t8-,13-,14+,15?/m0/s1. The number of nitrogens with zero attached hydrogens (tertiary/aromatic N) is 3. The van der Waals surface area contributed by atoms with Crippen LogP contribution in [0, 0.1) is 0 Å². The Kier molecular flexibility index (Phi) is 3.77.